The summed E-state index contributed by atoms with van der Waals surface area (Å²) in [5, 5.41) is 4.45. The van der Waals surface area contributed by atoms with Crippen molar-refractivity contribution in [2.24, 2.45) is 0 Å². The van der Waals surface area contributed by atoms with Crippen LogP contribution in [0.3, 0.4) is 0 Å². The summed E-state index contributed by atoms with van der Waals surface area (Å²) < 4.78 is 1.77. The molecule has 29 heavy (non-hydrogen) atoms. The van der Waals surface area contributed by atoms with Gasteiger partial charge in [0.1, 0.15) is 0 Å². The first kappa shape index (κ1) is 20.9. The largest absolute Gasteiger partial charge is 0.333 e. The van der Waals surface area contributed by atoms with Crippen molar-refractivity contribution in [1.82, 2.24) is 19.7 Å². The minimum Gasteiger partial charge on any atom is -0.333 e. The van der Waals surface area contributed by atoms with Crippen molar-refractivity contribution in [3.63, 3.8) is 0 Å². The average molecular weight is 411 g/mol. The second-order valence-corrected chi connectivity index (χ2v) is 8.11. The van der Waals surface area contributed by atoms with E-state index in [0.29, 0.717) is 37.3 Å². The molecule has 3 aromatic rings. The van der Waals surface area contributed by atoms with Crippen LogP contribution < -0.4 is 0 Å². The molecular formula is C22H26N4O2S. The highest BCUT2D eigenvalue weighted by atomic mass is 32.1. The predicted molar refractivity (Wildman–Crippen MR) is 114 cm³/mol. The minimum atomic E-state index is 0.00366. The molecule has 0 bridgehead atoms. The molecule has 0 aliphatic heterocycles. The van der Waals surface area contributed by atoms with Crippen LogP contribution in [0.2, 0.25) is 0 Å². The Balaban J connectivity index is 1.75. The third-order valence-electron chi connectivity index (χ3n) is 5.02. The molecule has 6 nitrogen and oxygen atoms in total. The van der Waals surface area contributed by atoms with Gasteiger partial charge in [0.05, 0.1) is 29.0 Å². The van der Waals surface area contributed by atoms with Crippen molar-refractivity contribution in [2.45, 2.75) is 53.8 Å². The lowest BCUT2D eigenvalue weighted by molar-refractivity contribution is -0.132. The van der Waals surface area contributed by atoms with Gasteiger partial charge in [-0.05, 0) is 33.3 Å². The van der Waals surface area contributed by atoms with E-state index in [9.17, 15) is 9.59 Å². The van der Waals surface area contributed by atoms with Gasteiger partial charge in [-0.2, -0.15) is 5.10 Å². The summed E-state index contributed by atoms with van der Waals surface area (Å²) >= 11 is 1.57. The highest BCUT2D eigenvalue weighted by Gasteiger charge is 2.19. The third-order valence-corrected chi connectivity index (χ3v) is 5.94. The number of hydrogen-bond donors (Lipinski definition) is 0. The highest BCUT2D eigenvalue weighted by Crippen LogP contribution is 2.19. The molecule has 1 amide bonds. The van der Waals surface area contributed by atoms with Gasteiger partial charge in [0.2, 0.25) is 5.91 Å². The van der Waals surface area contributed by atoms with Crippen molar-refractivity contribution in [3.8, 4) is 0 Å². The number of thiazole rings is 1. The van der Waals surface area contributed by atoms with Gasteiger partial charge in [0.25, 0.3) is 0 Å². The summed E-state index contributed by atoms with van der Waals surface area (Å²) in [6.45, 7) is 8.76. The van der Waals surface area contributed by atoms with Crippen molar-refractivity contribution in [2.75, 3.05) is 0 Å². The monoisotopic (exact) mass is 410 g/mol. The molecule has 3 rings (SSSR count). The van der Waals surface area contributed by atoms with Crippen LogP contribution in [0, 0.1) is 20.8 Å². The van der Waals surface area contributed by atoms with E-state index in [0.717, 1.165) is 21.8 Å². The number of aromatic nitrogens is 3. The second-order valence-electron chi connectivity index (χ2n) is 7.17. The quantitative estimate of drug-likeness (QED) is 0.525. The van der Waals surface area contributed by atoms with Crippen molar-refractivity contribution in [3.05, 3.63) is 68.9 Å². The van der Waals surface area contributed by atoms with Crippen LogP contribution in [-0.4, -0.2) is 31.4 Å². The molecule has 0 saturated heterocycles. The molecule has 0 N–H and O–H groups in total. The molecule has 0 atom stereocenters. The smallest absolute Gasteiger partial charge is 0.225 e. The Hall–Kier alpha value is -2.80. The molecule has 0 radical (unpaired) electrons. The van der Waals surface area contributed by atoms with Crippen LogP contribution in [0.15, 0.2) is 35.8 Å². The summed E-state index contributed by atoms with van der Waals surface area (Å²) in [6.07, 6.45) is 0.323. The molecule has 0 aliphatic rings. The molecule has 0 fully saturated rings. The van der Waals surface area contributed by atoms with Crippen molar-refractivity contribution in [1.29, 1.82) is 0 Å². The number of nitrogens with zero attached hydrogens (tertiary/aromatic N) is 4. The number of Topliss-reactive ketones (excluding diaryl/α,β-unsaturated/α-hetero) is 1. The standard InChI is InChI=1S/C22H26N4O2S/c1-15-20(29-14-23-15)13-25(12-19-8-6-5-7-9-19)21(28)10-11-26-17(3)22(18(4)27)16(2)24-26/h5-9,14H,10-13H2,1-4H3. The van der Waals surface area contributed by atoms with Gasteiger partial charge in [-0.15, -0.1) is 11.3 Å². The van der Waals surface area contributed by atoms with Crippen molar-refractivity contribution < 1.29 is 9.59 Å². The molecule has 0 spiro atoms. The second kappa shape index (κ2) is 9.13. The summed E-state index contributed by atoms with van der Waals surface area (Å²) in [7, 11) is 0. The number of hydrogen-bond acceptors (Lipinski definition) is 5. The summed E-state index contributed by atoms with van der Waals surface area (Å²) in [4.78, 5) is 32.2. The number of carbonyl (C=O) groups is 2. The maximum absolute atomic E-state index is 13.1. The van der Waals surface area contributed by atoms with E-state index in [1.165, 1.54) is 0 Å². The van der Waals surface area contributed by atoms with Gasteiger partial charge in [-0.1, -0.05) is 30.3 Å². The Morgan fingerprint density at radius 2 is 1.79 bits per heavy atom. The van der Waals surface area contributed by atoms with E-state index in [2.05, 4.69) is 10.1 Å². The van der Waals surface area contributed by atoms with E-state index >= 15 is 0 Å². The van der Waals surface area contributed by atoms with E-state index in [-0.39, 0.29) is 11.7 Å². The van der Waals surface area contributed by atoms with Crippen LogP contribution >= 0.6 is 11.3 Å². The Bertz CT molecular complexity index is 1010. The number of amides is 1. The summed E-state index contributed by atoms with van der Waals surface area (Å²) in [6, 6.07) is 9.99. The van der Waals surface area contributed by atoms with Gasteiger partial charge < -0.3 is 4.90 Å². The molecule has 2 aromatic heterocycles. The van der Waals surface area contributed by atoms with Gasteiger partial charge in [-0.25, -0.2) is 4.98 Å². The zero-order valence-corrected chi connectivity index (χ0v) is 18.1. The zero-order chi connectivity index (χ0) is 21.0. The van der Waals surface area contributed by atoms with Crippen LogP contribution in [0.4, 0.5) is 0 Å². The highest BCUT2D eigenvalue weighted by molar-refractivity contribution is 7.09. The average Bonchev–Trinajstić information content (AvgIpc) is 3.22. The maximum atomic E-state index is 13.1. The fraction of sp³-hybridized carbons (Fsp3) is 0.364. The predicted octanol–water partition coefficient (Wildman–Crippen LogP) is 4.09. The molecule has 2 heterocycles. The van der Waals surface area contributed by atoms with Gasteiger partial charge in [-0.3, -0.25) is 14.3 Å². The molecule has 0 aliphatic carbocycles. The van der Waals surface area contributed by atoms with Gasteiger partial charge in [0.15, 0.2) is 5.78 Å². The lowest BCUT2D eigenvalue weighted by Crippen LogP contribution is -2.31. The first-order valence-electron chi connectivity index (χ1n) is 9.62. The molecule has 0 saturated carbocycles. The summed E-state index contributed by atoms with van der Waals surface area (Å²) in [5.41, 5.74) is 6.05. The number of benzene rings is 1. The normalized spacial score (nSPS) is 10.9. The molecule has 7 heteroatoms. The fourth-order valence-corrected chi connectivity index (χ4v) is 4.26. The lowest BCUT2D eigenvalue weighted by atomic mass is 10.1. The number of carbonyl (C=O) groups excluding carboxylic acids is 2. The first-order chi connectivity index (χ1) is 13.9. The SMILES string of the molecule is CC(=O)c1c(C)nn(CCC(=O)N(Cc2ccccc2)Cc2scnc2C)c1C. The molecule has 0 unspecified atom stereocenters. The molecular weight excluding hydrogens is 384 g/mol. The van der Waals surface area contributed by atoms with Crippen LogP contribution in [0.25, 0.3) is 0 Å². The van der Waals surface area contributed by atoms with Crippen LogP contribution in [-0.2, 0) is 24.4 Å². The zero-order valence-electron chi connectivity index (χ0n) is 17.3. The molecule has 152 valence electrons. The van der Waals surface area contributed by atoms with E-state index in [1.807, 2.05) is 61.5 Å². The van der Waals surface area contributed by atoms with Crippen LogP contribution in [0.5, 0.6) is 0 Å². The fourth-order valence-electron chi connectivity index (χ4n) is 3.47. The Morgan fingerprint density at radius 3 is 2.38 bits per heavy atom. The number of aryl methyl sites for hydroxylation is 3. The Morgan fingerprint density at radius 1 is 1.07 bits per heavy atom. The van der Waals surface area contributed by atoms with Crippen molar-refractivity contribution >= 4 is 23.0 Å². The number of rotatable bonds is 8. The van der Waals surface area contributed by atoms with E-state index in [1.54, 1.807) is 22.9 Å². The van der Waals surface area contributed by atoms with Crippen LogP contribution in [0.1, 0.15) is 51.2 Å². The Kier molecular flexibility index (Phi) is 6.59. The maximum Gasteiger partial charge on any atom is 0.225 e. The first-order valence-corrected chi connectivity index (χ1v) is 10.5. The lowest BCUT2D eigenvalue weighted by Gasteiger charge is -2.23. The van der Waals surface area contributed by atoms with E-state index in [4.69, 9.17) is 0 Å². The Labute approximate surface area is 175 Å². The van der Waals surface area contributed by atoms with Gasteiger partial charge in [0, 0.05) is 30.1 Å². The number of ketones is 1. The van der Waals surface area contributed by atoms with E-state index < -0.39 is 0 Å². The third kappa shape index (κ3) is 4.98. The minimum absolute atomic E-state index is 0.00366. The topological polar surface area (TPSA) is 68.1 Å². The van der Waals surface area contributed by atoms with Gasteiger partial charge >= 0.3 is 0 Å². The molecule has 1 aromatic carbocycles. The summed E-state index contributed by atoms with van der Waals surface area (Å²) in [5.74, 6) is 0.0579.